The Labute approximate surface area is 174 Å². The van der Waals surface area contributed by atoms with E-state index >= 15 is 0 Å². The van der Waals surface area contributed by atoms with Gasteiger partial charge in [-0.2, -0.15) is 0 Å². The Bertz CT molecular complexity index is 996. The van der Waals surface area contributed by atoms with Gasteiger partial charge in [-0.15, -0.1) is 11.3 Å². The first kappa shape index (κ1) is 19.5. The largest absolute Gasteiger partial charge is 0.345 e. The molecule has 0 spiro atoms. The molecule has 2 heterocycles. The Morgan fingerprint density at radius 1 is 1.17 bits per heavy atom. The van der Waals surface area contributed by atoms with Crippen LogP contribution in [0, 0.1) is 0 Å². The fraction of sp³-hybridized carbons (Fsp3) is 0.318. The van der Waals surface area contributed by atoms with Gasteiger partial charge in [0.2, 0.25) is 0 Å². The number of fused-ring (bicyclic) bond motifs is 1. The number of anilines is 1. The molecule has 150 valence electrons. The molecule has 1 aliphatic rings. The molecule has 1 aromatic heterocycles. The maximum absolute atomic E-state index is 12.6. The maximum Gasteiger partial charge on any atom is 0.279 e. The molecule has 0 radical (unpaired) electrons. The summed E-state index contributed by atoms with van der Waals surface area (Å²) >= 11 is 1.74. The smallest absolute Gasteiger partial charge is 0.279 e. The van der Waals surface area contributed by atoms with E-state index in [1.165, 1.54) is 14.5 Å². The first-order valence-electron chi connectivity index (χ1n) is 9.83. The maximum atomic E-state index is 12.6. The zero-order valence-corrected chi connectivity index (χ0v) is 17.5. The molecule has 1 unspecified atom stereocenters. The Morgan fingerprint density at radius 3 is 2.66 bits per heavy atom. The van der Waals surface area contributed by atoms with Gasteiger partial charge in [0.1, 0.15) is 6.04 Å². The number of nitrogens with zero attached hydrogens (tertiary/aromatic N) is 2. The number of likely N-dealkylation sites (tertiary alicyclic amines) is 1. The molecule has 2 atom stereocenters. The van der Waals surface area contributed by atoms with Crippen LogP contribution in [0.3, 0.4) is 0 Å². The number of quaternary nitrogens is 1. The zero-order chi connectivity index (χ0) is 20.4. The fourth-order valence-electron chi connectivity index (χ4n) is 3.83. The normalized spacial score (nSPS) is 18.7. The molecule has 2 N–H and O–H groups in total. The molecule has 29 heavy (non-hydrogen) atoms. The van der Waals surface area contributed by atoms with Gasteiger partial charge in [-0.3, -0.25) is 9.59 Å². The first-order valence-corrected chi connectivity index (χ1v) is 10.6. The minimum Gasteiger partial charge on any atom is -0.345 e. The van der Waals surface area contributed by atoms with Crippen molar-refractivity contribution in [2.24, 2.45) is 0 Å². The van der Waals surface area contributed by atoms with Crippen molar-refractivity contribution in [1.29, 1.82) is 0 Å². The monoisotopic (exact) mass is 409 g/mol. The predicted octanol–water partition coefficient (Wildman–Crippen LogP) is 2.36. The number of nitrogens with one attached hydrogen (secondary N) is 2. The molecule has 1 aliphatic heterocycles. The molecule has 7 heteroatoms. The summed E-state index contributed by atoms with van der Waals surface area (Å²) in [7, 11) is 3.44. The van der Waals surface area contributed by atoms with Gasteiger partial charge in [0.15, 0.2) is 11.6 Å². The van der Waals surface area contributed by atoms with Crippen molar-refractivity contribution >= 4 is 39.1 Å². The van der Waals surface area contributed by atoms with Crippen molar-refractivity contribution in [3.05, 3.63) is 59.1 Å². The number of amides is 2. The number of carbonyl (C=O) groups is 2. The van der Waals surface area contributed by atoms with E-state index in [0.29, 0.717) is 17.8 Å². The SMILES string of the molecule is CN(C)C(=O)c1ccc(NC(=O)C[NH+]2CCC[C@H]2c2nc3ccccc3s2)cc1. The Balaban J connectivity index is 1.40. The predicted molar refractivity (Wildman–Crippen MR) is 115 cm³/mol. The average Bonchev–Trinajstić information content (AvgIpc) is 3.34. The standard InChI is InChI=1S/C22H24N4O2S/c1-25(2)22(28)15-9-11-16(12-10-15)23-20(27)14-26-13-5-7-18(26)21-24-17-6-3-4-8-19(17)29-21/h3-4,6,8-12,18H,5,7,13-14H2,1-2H3,(H,23,27)/p+1/t18-/m0/s1. The first-order chi connectivity index (χ1) is 14.0. The molecular formula is C22H25N4O2S+. The molecule has 1 saturated heterocycles. The highest BCUT2D eigenvalue weighted by Gasteiger charge is 2.34. The second kappa shape index (κ2) is 8.31. The molecule has 3 aromatic rings. The third-order valence-corrected chi connectivity index (χ3v) is 6.45. The van der Waals surface area contributed by atoms with Crippen molar-refractivity contribution in [3.63, 3.8) is 0 Å². The third kappa shape index (κ3) is 4.31. The molecule has 0 saturated carbocycles. The van der Waals surface area contributed by atoms with Gasteiger partial charge in [-0.05, 0) is 36.4 Å². The van der Waals surface area contributed by atoms with Crippen molar-refractivity contribution in [2.45, 2.75) is 18.9 Å². The molecule has 0 bridgehead atoms. The summed E-state index contributed by atoms with van der Waals surface area (Å²) < 4.78 is 1.20. The minimum absolute atomic E-state index is 0.0142. The Morgan fingerprint density at radius 2 is 1.93 bits per heavy atom. The van der Waals surface area contributed by atoms with Crippen molar-refractivity contribution in [2.75, 3.05) is 32.5 Å². The molecule has 0 aliphatic carbocycles. The summed E-state index contributed by atoms with van der Waals surface area (Å²) in [6.45, 7) is 1.39. The molecule has 1 fully saturated rings. The minimum atomic E-state index is -0.0527. The van der Waals surface area contributed by atoms with E-state index in [9.17, 15) is 9.59 Å². The van der Waals surface area contributed by atoms with Crippen LogP contribution in [0.15, 0.2) is 48.5 Å². The average molecular weight is 410 g/mol. The Hall–Kier alpha value is -2.77. The number of carbonyl (C=O) groups excluding carboxylic acids is 2. The summed E-state index contributed by atoms with van der Waals surface area (Å²) in [4.78, 5) is 32.2. The number of aromatic nitrogens is 1. The molecule has 2 aromatic carbocycles. The summed E-state index contributed by atoms with van der Waals surface area (Å²) in [6.07, 6.45) is 2.16. The van der Waals surface area contributed by atoms with Crippen LogP contribution in [0.25, 0.3) is 10.2 Å². The van der Waals surface area contributed by atoms with E-state index in [0.717, 1.165) is 29.9 Å². The van der Waals surface area contributed by atoms with Crippen molar-refractivity contribution in [3.8, 4) is 0 Å². The number of benzene rings is 2. The lowest BCUT2D eigenvalue weighted by molar-refractivity contribution is -0.910. The van der Waals surface area contributed by atoms with Crippen molar-refractivity contribution in [1.82, 2.24) is 9.88 Å². The molecule has 2 amide bonds. The fourth-order valence-corrected chi connectivity index (χ4v) is 4.99. The van der Waals surface area contributed by atoms with E-state index in [1.807, 2.05) is 18.2 Å². The topological polar surface area (TPSA) is 66.7 Å². The third-order valence-electron chi connectivity index (χ3n) is 5.30. The highest BCUT2D eigenvalue weighted by atomic mass is 32.1. The second-order valence-electron chi connectivity index (χ2n) is 7.62. The number of thiazole rings is 1. The van der Waals surface area contributed by atoms with Crippen LogP contribution in [0.4, 0.5) is 5.69 Å². The second-order valence-corrected chi connectivity index (χ2v) is 8.69. The number of rotatable bonds is 5. The van der Waals surface area contributed by atoms with Crippen LogP contribution >= 0.6 is 11.3 Å². The quantitative estimate of drug-likeness (QED) is 0.680. The van der Waals surface area contributed by atoms with Gasteiger partial charge in [0.25, 0.3) is 11.8 Å². The van der Waals surface area contributed by atoms with E-state index in [-0.39, 0.29) is 17.9 Å². The molecule has 4 rings (SSSR count). The number of hydrogen-bond donors (Lipinski definition) is 2. The molecule has 6 nitrogen and oxygen atoms in total. The zero-order valence-electron chi connectivity index (χ0n) is 16.6. The van der Waals surface area contributed by atoms with Gasteiger partial charge in [-0.1, -0.05) is 12.1 Å². The van der Waals surface area contributed by atoms with Gasteiger partial charge in [0.05, 0.1) is 16.8 Å². The van der Waals surface area contributed by atoms with Crippen molar-refractivity contribution < 1.29 is 14.5 Å². The van der Waals surface area contributed by atoms with Crippen LogP contribution in [-0.4, -0.2) is 48.9 Å². The van der Waals surface area contributed by atoms with Gasteiger partial charge in [-0.25, -0.2) is 4.98 Å². The van der Waals surface area contributed by atoms with E-state index in [1.54, 1.807) is 49.7 Å². The molecular weight excluding hydrogens is 384 g/mol. The summed E-state index contributed by atoms with van der Waals surface area (Å²) in [5.41, 5.74) is 2.35. The van der Waals surface area contributed by atoms with Crippen LogP contribution in [0.1, 0.15) is 34.2 Å². The highest BCUT2D eigenvalue weighted by molar-refractivity contribution is 7.18. The van der Waals surface area contributed by atoms with Gasteiger partial charge >= 0.3 is 0 Å². The summed E-state index contributed by atoms with van der Waals surface area (Å²) in [6, 6.07) is 15.5. The summed E-state index contributed by atoms with van der Waals surface area (Å²) in [5.74, 6) is -0.0669. The van der Waals surface area contributed by atoms with Crippen LogP contribution in [-0.2, 0) is 4.79 Å². The highest BCUT2D eigenvalue weighted by Crippen LogP contribution is 2.28. The van der Waals surface area contributed by atoms with Crippen LogP contribution < -0.4 is 10.2 Å². The lowest BCUT2D eigenvalue weighted by Crippen LogP contribution is -3.11. The van der Waals surface area contributed by atoms with E-state index < -0.39 is 0 Å². The van der Waals surface area contributed by atoms with Gasteiger partial charge in [0, 0.05) is 38.2 Å². The number of hydrogen-bond acceptors (Lipinski definition) is 4. The van der Waals surface area contributed by atoms with Crippen LogP contribution in [0.5, 0.6) is 0 Å². The van der Waals surface area contributed by atoms with E-state index in [2.05, 4.69) is 11.4 Å². The lowest BCUT2D eigenvalue weighted by atomic mass is 10.2. The van der Waals surface area contributed by atoms with Gasteiger partial charge < -0.3 is 15.1 Å². The lowest BCUT2D eigenvalue weighted by Gasteiger charge is -2.19. The summed E-state index contributed by atoms with van der Waals surface area (Å²) in [5, 5.41) is 4.08. The Kier molecular flexibility index (Phi) is 5.60. The number of para-hydroxylation sites is 1. The van der Waals surface area contributed by atoms with Crippen LogP contribution in [0.2, 0.25) is 0 Å². The van der Waals surface area contributed by atoms with E-state index in [4.69, 9.17) is 4.98 Å².